The van der Waals surface area contributed by atoms with Gasteiger partial charge in [-0.1, -0.05) is 12.1 Å². The van der Waals surface area contributed by atoms with Gasteiger partial charge in [-0.05, 0) is 24.6 Å². The van der Waals surface area contributed by atoms with Gasteiger partial charge in [-0.2, -0.15) is 0 Å². The number of hydrogen-bond donors (Lipinski definition) is 2. The van der Waals surface area contributed by atoms with Crippen LogP contribution in [0, 0.1) is 0 Å². The van der Waals surface area contributed by atoms with Crippen molar-refractivity contribution < 1.29 is 14.3 Å². The summed E-state index contributed by atoms with van der Waals surface area (Å²) in [5.41, 5.74) is 7.42. The zero-order chi connectivity index (χ0) is 13.5. The van der Waals surface area contributed by atoms with Crippen molar-refractivity contribution in [2.75, 3.05) is 11.9 Å². The Balaban J connectivity index is 2.61. The highest BCUT2D eigenvalue weighted by atomic mass is 16.5. The maximum absolute atomic E-state index is 11.3. The molecule has 1 aromatic carbocycles. The fraction of sp³-hybridized carbons (Fsp3) is 0.385. The maximum Gasteiger partial charge on any atom is 0.307 e. The molecule has 0 saturated carbocycles. The number of esters is 1. The lowest BCUT2D eigenvalue weighted by Crippen LogP contribution is -2.17. The normalized spacial score (nSPS) is 11.7. The van der Waals surface area contributed by atoms with Crippen molar-refractivity contribution >= 4 is 17.6 Å². The van der Waals surface area contributed by atoms with Gasteiger partial charge in [0.2, 0.25) is 5.91 Å². The lowest BCUT2D eigenvalue weighted by atomic mass is 10.0. The molecule has 0 unspecified atom stereocenters. The fourth-order valence-corrected chi connectivity index (χ4v) is 1.53. The standard InChI is InChI=1S/C13H18N2O3/c1-3-18-13(17)8-12(14)10-4-6-11(7-5-10)15-9(2)16/h4-7,12H,3,8,14H2,1-2H3,(H,15,16)/t12-/m0/s1. The van der Waals surface area contributed by atoms with Crippen LogP contribution in [0.4, 0.5) is 5.69 Å². The second kappa shape index (κ2) is 6.76. The Hall–Kier alpha value is -1.88. The van der Waals surface area contributed by atoms with E-state index in [1.165, 1.54) is 6.92 Å². The van der Waals surface area contributed by atoms with Gasteiger partial charge in [-0.15, -0.1) is 0 Å². The predicted octanol–water partition coefficient (Wildman–Crippen LogP) is 1.60. The maximum atomic E-state index is 11.3. The molecule has 0 heterocycles. The minimum atomic E-state index is -0.393. The van der Waals surface area contributed by atoms with Gasteiger partial charge in [-0.25, -0.2) is 0 Å². The first kappa shape index (κ1) is 14.2. The molecule has 3 N–H and O–H groups in total. The molecule has 5 nitrogen and oxygen atoms in total. The van der Waals surface area contributed by atoms with E-state index in [0.29, 0.717) is 12.3 Å². The summed E-state index contributed by atoms with van der Waals surface area (Å²) < 4.78 is 4.83. The van der Waals surface area contributed by atoms with Crippen molar-refractivity contribution in [3.8, 4) is 0 Å². The summed E-state index contributed by atoms with van der Waals surface area (Å²) >= 11 is 0. The Kier molecular flexibility index (Phi) is 5.32. The topological polar surface area (TPSA) is 81.4 Å². The van der Waals surface area contributed by atoms with Crippen LogP contribution in [0.1, 0.15) is 31.9 Å². The number of rotatable bonds is 5. The van der Waals surface area contributed by atoms with Crippen LogP contribution in [-0.4, -0.2) is 18.5 Å². The van der Waals surface area contributed by atoms with Crippen molar-refractivity contribution in [3.63, 3.8) is 0 Å². The van der Waals surface area contributed by atoms with Crippen LogP contribution in [-0.2, 0) is 14.3 Å². The van der Waals surface area contributed by atoms with Gasteiger partial charge in [0.25, 0.3) is 0 Å². The molecule has 0 saturated heterocycles. The molecule has 0 fully saturated rings. The van der Waals surface area contributed by atoms with Crippen molar-refractivity contribution in [2.24, 2.45) is 5.73 Å². The van der Waals surface area contributed by atoms with E-state index in [1.807, 2.05) is 0 Å². The minimum Gasteiger partial charge on any atom is -0.466 e. The first-order valence-corrected chi connectivity index (χ1v) is 5.81. The minimum absolute atomic E-state index is 0.126. The third-order valence-electron chi connectivity index (χ3n) is 2.35. The average molecular weight is 250 g/mol. The molecular weight excluding hydrogens is 232 g/mol. The number of anilines is 1. The van der Waals surface area contributed by atoms with Crippen LogP contribution < -0.4 is 11.1 Å². The summed E-state index contributed by atoms with van der Waals surface area (Å²) in [6.07, 6.45) is 0.146. The molecule has 0 aliphatic heterocycles. The molecule has 1 aromatic rings. The largest absolute Gasteiger partial charge is 0.466 e. The highest BCUT2D eigenvalue weighted by molar-refractivity contribution is 5.88. The van der Waals surface area contributed by atoms with Gasteiger partial charge in [0.1, 0.15) is 0 Å². The first-order chi connectivity index (χ1) is 8.52. The molecule has 5 heteroatoms. The number of nitrogens with two attached hydrogens (primary N) is 1. The molecule has 0 aliphatic rings. The Morgan fingerprint density at radius 2 is 1.94 bits per heavy atom. The van der Waals surface area contributed by atoms with Crippen LogP contribution in [0.5, 0.6) is 0 Å². The van der Waals surface area contributed by atoms with E-state index >= 15 is 0 Å². The fourth-order valence-electron chi connectivity index (χ4n) is 1.53. The summed E-state index contributed by atoms with van der Waals surface area (Å²) in [6.45, 7) is 3.55. The van der Waals surface area contributed by atoms with Crippen LogP contribution in [0.15, 0.2) is 24.3 Å². The van der Waals surface area contributed by atoms with E-state index in [1.54, 1.807) is 31.2 Å². The quantitative estimate of drug-likeness (QED) is 0.778. The van der Waals surface area contributed by atoms with E-state index in [2.05, 4.69) is 5.32 Å². The van der Waals surface area contributed by atoms with Gasteiger partial charge in [0.15, 0.2) is 0 Å². The molecule has 0 radical (unpaired) electrons. The summed E-state index contributed by atoms with van der Waals surface area (Å²) in [5, 5.41) is 2.66. The van der Waals surface area contributed by atoms with E-state index in [9.17, 15) is 9.59 Å². The van der Waals surface area contributed by atoms with Crippen molar-refractivity contribution in [1.82, 2.24) is 0 Å². The predicted molar refractivity (Wildman–Crippen MR) is 68.9 cm³/mol. The Bertz CT molecular complexity index is 415. The SMILES string of the molecule is CCOC(=O)C[C@H](N)c1ccc(NC(C)=O)cc1. The number of nitrogens with one attached hydrogen (secondary N) is 1. The van der Waals surface area contributed by atoms with E-state index < -0.39 is 6.04 Å². The van der Waals surface area contributed by atoms with Gasteiger partial charge in [-0.3, -0.25) is 9.59 Å². The Labute approximate surface area is 106 Å². The van der Waals surface area contributed by atoms with Crippen molar-refractivity contribution in [3.05, 3.63) is 29.8 Å². The van der Waals surface area contributed by atoms with Crippen LogP contribution in [0.2, 0.25) is 0 Å². The second-order valence-corrected chi connectivity index (χ2v) is 3.92. The first-order valence-electron chi connectivity index (χ1n) is 5.81. The number of carbonyl (C=O) groups excluding carboxylic acids is 2. The number of carbonyl (C=O) groups is 2. The molecule has 0 spiro atoms. The summed E-state index contributed by atoms with van der Waals surface area (Å²) in [6, 6.07) is 6.68. The van der Waals surface area contributed by atoms with Crippen LogP contribution in [0.3, 0.4) is 0 Å². The third kappa shape index (κ3) is 4.55. The summed E-state index contributed by atoms with van der Waals surface area (Å²) in [5.74, 6) is -0.436. The zero-order valence-corrected chi connectivity index (χ0v) is 10.6. The van der Waals surface area contributed by atoms with Gasteiger partial charge in [0.05, 0.1) is 13.0 Å². The monoisotopic (exact) mass is 250 g/mol. The van der Waals surface area contributed by atoms with Gasteiger partial charge < -0.3 is 15.8 Å². The number of amides is 1. The third-order valence-corrected chi connectivity index (χ3v) is 2.35. The number of ether oxygens (including phenoxy) is 1. The molecule has 0 bridgehead atoms. The Morgan fingerprint density at radius 3 is 2.44 bits per heavy atom. The molecule has 1 amide bonds. The molecule has 0 aliphatic carbocycles. The molecule has 18 heavy (non-hydrogen) atoms. The van der Waals surface area contributed by atoms with Crippen molar-refractivity contribution in [1.29, 1.82) is 0 Å². The van der Waals surface area contributed by atoms with E-state index in [0.717, 1.165) is 5.56 Å². The highest BCUT2D eigenvalue weighted by Gasteiger charge is 2.12. The van der Waals surface area contributed by atoms with Crippen molar-refractivity contribution in [2.45, 2.75) is 26.3 Å². The molecule has 1 rings (SSSR count). The average Bonchev–Trinajstić information content (AvgIpc) is 2.29. The number of benzene rings is 1. The molecular formula is C13H18N2O3. The van der Waals surface area contributed by atoms with E-state index in [-0.39, 0.29) is 18.3 Å². The van der Waals surface area contributed by atoms with Gasteiger partial charge in [0, 0.05) is 18.7 Å². The highest BCUT2D eigenvalue weighted by Crippen LogP contribution is 2.17. The lowest BCUT2D eigenvalue weighted by Gasteiger charge is -2.12. The second-order valence-electron chi connectivity index (χ2n) is 3.92. The molecule has 1 atom stereocenters. The summed E-state index contributed by atoms with van der Waals surface area (Å²) in [4.78, 5) is 22.1. The molecule has 98 valence electrons. The smallest absolute Gasteiger partial charge is 0.307 e. The zero-order valence-electron chi connectivity index (χ0n) is 10.6. The van der Waals surface area contributed by atoms with Crippen LogP contribution in [0.25, 0.3) is 0 Å². The lowest BCUT2D eigenvalue weighted by molar-refractivity contribution is -0.143. The van der Waals surface area contributed by atoms with Crippen LogP contribution >= 0.6 is 0 Å². The molecule has 0 aromatic heterocycles. The number of hydrogen-bond acceptors (Lipinski definition) is 4. The summed E-state index contributed by atoms with van der Waals surface area (Å²) in [7, 11) is 0. The van der Waals surface area contributed by atoms with Gasteiger partial charge >= 0.3 is 5.97 Å². The Morgan fingerprint density at radius 1 is 1.33 bits per heavy atom. The van der Waals surface area contributed by atoms with E-state index in [4.69, 9.17) is 10.5 Å².